The zero-order chi connectivity index (χ0) is 21.5. The molecule has 0 saturated heterocycles. The number of para-hydroxylation sites is 2. The normalized spacial score (nSPS) is 12.6. The van der Waals surface area contributed by atoms with E-state index in [2.05, 4.69) is 34.9 Å². The zero-order valence-electron chi connectivity index (χ0n) is 17.9. The average Bonchev–Trinajstić information content (AvgIpc) is 3.37. The summed E-state index contributed by atoms with van der Waals surface area (Å²) < 4.78 is 9.93. The quantitative estimate of drug-likeness (QED) is 0.366. The summed E-state index contributed by atoms with van der Waals surface area (Å²) in [5.41, 5.74) is 4.58. The Kier molecular flexibility index (Phi) is 4.70. The van der Waals surface area contributed by atoms with Crippen LogP contribution in [0.15, 0.2) is 60.8 Å². The topological polar surface area (TPSA) is 61.4 Å². The van der Waals surface area contributed by atoms with Gasteiger partial charge in [0.1, 0.15) is 16.9 Å². The Bertz CT molecular complexity index is 1420. The lowest BCUT2D eigenvalue weighted by Crippen LogP contribution is -2.08. The van der Waals surface area contributed by atoms with E-state index >= 15 is 0 Å². The molecule has 0 aliphatic heterocycles. The number of rotatable bonds is 5. The molecule has 3 heterocycles. The van der Waals surface area contributed by atoms with E-state index in [0.29, 0.717) is 12.2 Å². The molecular formula is C25H24N4O2. The second-order valence-corrected chi connectivity index (χ2v) is 7.65. The van der Waals surface area contributed by atoms with Gasteiger partial charge in [-0.2, -0.15) is 0 Å². The standard InChI is InChI=1S/C25H24N4O2/c1-4-21-27-24-23(25-26-18-13-9-10-14-19(18)29(21)25)20(31-22(30)5-2)15-28(24)16(3)17-11-7-6-8-12-17/h6-16H,4-5H2,1-3H3/t16-/m1/s1. The Morgan fingerprint density at radius 3 is 2.48 bits per heavy atom. The molecular weight excluding hydrogens is 388 g/mol. The number of hydrogen-bond donors (Lipinski definition) is 0. The lowest BCUT2D eigenvalue weighted by atomic mass is 10.1. The van der Waals surface area contributed by atoms with Gasteiger partial charge >= 0.3 is 5.97 Å². The van der Waals surface area contributed by atoms with Crippen LogP contribution in [0.1, 0.15) is 44.6 Å². The second kappa shape index (κ2) is 7.54. The molecule has 5 aromatic rings. The third kappa shape index (κ3) is 3.06. The van der Waals surface area contributed by atoms with E-state index in [0.717, 1.165) is 45.5 Å². The van der Waals surface area contributed by atoms with Crippen molar-refractivity contribution in [1.82, 2.24) is 18.9 Å². The predicted molar refractivity (Wildman–Crippen MR) is 122 cm³/mol. The number of carbonyl (C=O) groups is 1. The van der Waals surface area contributed by atoms with Crippen LogP contribution in [0.2, 0.25) is 0 Å². The number of benzene rings is 2. The summed E-state index contributed by atoms with van der Waals surface area (Å²) in [5, 5.41) is 0.762. The van der Waals surface area contributed by atoms with E-state index in [1.165, 1.54) is 0 Å². The SMILES string of the molecule is CCC(=O)Oc1cn([C@H](C)c2ccccc2)c2nc(CC)n3c4ccccc4nc3c12. The van der Waals surface area contributed by atoms with Gasteiger partial charge in [0.15, 0.2) is 11.4 Å². The van der Waals surface area contributed by atoms with Gasteiger partial charge in [-0.3, -0.25) is 9.20 Å². The molecule has 0 radical (unpaired) electrons. The first kappa shape index (κ1) is 19.3. The van der Waals surface area contributed by atoms with Crippen LogP contribution in [0.4, 0.5) is 0 Å². The van der Waals surface area contributed by atoms with Crippen molar-refractivity contribution in [2.75, 3.05) is 0 Å². The molecule has 3 aromatic heterocycles. The smallest absolute Gasteiger partial charge is 0.310 e. The zero-order valence-corrected chi connectivity index (χ0v) is 17.9. The molecule has 6 nitrogen and oxygen atoms in total. The Morgan fingerprint density at radius 1 is 1.00 bits per heavy atom. The summed E-state index contributed by atoms with van der Waals surface area (Å²) >= 11 is 0. The minimum atomic E-state index is -0.278. The van der Waals surface area contributed by atoms with Crippen LogP contribution in [0.5, 0.6) is 5.75 Å². The van der Waals surface area contributed by atoms with Gasteiger partial charge in [-0.25, -0.2) is 9.97 Å². The van der Waals surface area contributed by atoms with Gasteiger partial charge in [0.25, 0.3) is 0 Å². The van der Waals surface area contributed by atoms with Gasteiger partial charge in [-0.15, -0.1) is 0 Å². The minimum Gasteiger partial charge on any atom is -0.424 e. The molecule has 0 aliphatic rings. The Hall–Kier alpha value is -3.67. The fourth-order valence-corrected chi connectivity index (χ4v) is 4.14. The van der Waals surface area contributed by atoms with Gasteiger partial charge in [0, 0.05) is 12.8 Å². The summed E-state index contributed by atoms with van der Waals surface area (Å²) in [5.74, 6) is 1.14. The minimum absolute atomic E-state index is 0.0156. The molecule has 6 heteroatoms. The molecule has 31 heavy (non-hydrogen) atoms. The number of fused-ring (bicyclic) bond motifs is 5. The van der Waals surface area contributed by atoms with Crippen LogP contribution in [-0.2, 0) is 11.2 Å². The molecule has 1 atom stereocenters. The number of aromatic nitrogens is 4. The highest BCUT2D eigenvalue weighted by molar-refractivity contribution is 6.01. The fourth-order valence-electron chi connectivity index (χ4n) is 4.14. The maximum Gasteiger partial charge on any atom is 0.310 e. The van der Waals surface area contributed by atoms with Crippen molar-refractivity contribution in [3.63, 3.8) is 0 Å². The number of nitrogens with zero attached hydrogens (tertiary/aromatic N) is 4. The fraction of sp³-hybridized carbons (Fsp3) is 0.240. The third-order valence-corrected chi connectivity index (χ3v) is 5.78. The van der Waals surface area contributed by atoms with E-state index in [9.17, 15) is 4.79 Å². The van der Waals surface area contributed by atoms with Gasteiger partial charge in [-0.05, 0) is 24.6 Å². The average molecular weight is 412 g/mol. The Morgan fingerprint density at radius 2 is 1.74 bits per heavy atom. The van der Waals surface area contributed by atoms with Crippen LogP contribution in [0.25, 0.3) is 27.7 Å². The third-order valence-electron chi connectivity index (χ3n) is 5.78. The van der Waals surface area contributed by atoms with Crippen LogP contribution < -0.4 is 4.74 Å². The van der Waals surface area contributed by atoms with Crippen molar-refractivity contribution < 1.29 is 9.53 Å². The molecule has 0 spiro atoms. The van der Waals surface area contributed by atoms with E-state index in [4.69, 9.17) is 14.7 Å². The van der Waals surface area contributed by atoms with Crippen molar-refractivity contribution in [3.05, 3.63) is 72.2 Å². The van der Waals surface area contributed by atoms with Crippen molar-refractivity contribution in [3.8, 4) is 5.75 Å². The van der Waals surface area contributed by atoms with E-state index < -0.39 is 0 Å². The second-order valence-electron chi connectivity index (χ2n) is 7.65. The van der Waals surface area contributed by atoms with Crippen LogP contribution in [0, 0.1) is 0 Å². The molecule has 2 aromatic carbocycles. The van der Waals surface area contributed by atoms with Gasteiger partial charge in [0.05, 0.1) is 23.3 Å². The lowest BCUT2D eigenvalue weighted by molar-refractivity contribution is -0.133. The van der Waals surface area contributed by atoms with E-state index in [1.807, 2.05) is 48.7 Å². The summed E-state index contributed by atoms with van der Waals surface area (Å²) in [7, 11) is 0. The molecule has 0 aliphatic carbocycles. The predicted octanol–water partition coefficient (Wildman–Crippen LogP) is 5.32. The monoisotopic (exact) mass is 412 g/mol. The first-order valence-corrected chi connectivity index (χ1v) is 10.7. The van der Waals surface area contributed by atoms with E-state index in [-0.39, 0.29) is 12.0 Å². The first-order chi connectivity index (χ1) is 15.1. The Balaban J connectivity index is 1.87. The maximum atomic E-state index is 12.2. The number of hydrogen-bond acceptors (Lipinski definition) is 4. The summed E-state index contributed by atoms with van der Waals surface area (Å²) in [4.78, 5) is 22.2. The van der Waals surface area contributed by atoms with Crippen molar-refractivity contribution in [2.45, 2.75) is 39.7 Å². The highest BCUT2D eigenvalue weighted by Crippen LogP contribution is 2.36. The largest absolute Gasteiger partial charge is 0.424 e. The number of ether oxygens (including phenoxy) is 1. The van der Waals surface area contributed by atoms with E-state index in [1.54, 1.807) is 6.92 Å². The molecule has 0 N–H and O–H groups in total. The van der Waals surface area contributed by atoms with Crippen LogP contribution in [0.3, 0.4) is 0 Å². The number of imidazole rings is 1. The Labute approximate surface area is 180 Å². The maximum absolute atomic E-state index is 12.2. The molecule has 0 unspecified atom stereocenters. The van der Waals surface area contributed by atoms with Crippen molar-refractivity contribution >= 4 is 33.7 Å². The van der Waals surface area contributed by atoms with Crippen molar-refractivity contribution in [1.29, 1.82) is 0 Å². The molecule has 0 amide bonds. The van der Waals surface area contributed by atoms with Gasteiger partial charge in [-0.1, -0.05) is 56.3 Å². The molecule has 156 valence electrons. The summed E-state index contributed by atoms with van der Waals surface area (Å²) in [6.07, 6.45) is 2.94. The number of esters is 1. The lowest BCUT2D eigenvalue weighted by Gasteiger charge is -2.15. The number of carbonyl (C=O) groups excluding carboxylic acids is 1. The highest BCUT2D eigenvalue weighted by atomic mass is 16.5. The number of aryl methyl sites for hydroxylation is 1. The van der Waals surface area contributed by atoms with Crippen LogP contribution >= 0.6 is 0 Å². The van der Waals surface area contributed by atoms with Gasteiger partial charge in [0.2, 0.25) is 0 Å². The first-order valence-electron chi connectivity index (χ1n) is 10.7. The molecule has 0 fully saturated rings. The van der Waals surface area contributed by atoms with Crippen LogP contribution in [-0.4, -0.2) is 24.9 Å². The highest BCUT2D eigenvalue weighted by Gasteiger charge is 2.24. The van der Waals surface area contributed by atoms with Gasteiger partial charge < -0.3 is 9.30 Å². The molecule has 5 rings (SSSR count). The molecule has 0 saturated carbocycles. The summed E-state index contributed by atoms with van der Waals surface area (Å²) in [6, 6.07) is 18.3. The molecule has 0 bridgehead atoms. The van der Waals surface area contributed by atoms with Crippen molar-refractivity contribution in [2.24, 2.45) is 0 Å². The summed E-state index contributed by atoms with van der Waals surface area (Å²) in [6.45, 7) is 6.01.